The van der Waals surface area contributed by atoms with Gasteiger partial charge >= 0.3 is 0 Å². The normalized spacial score (nSPS) is 21.1. The lowest BCUT2D eigenvalue weighted by atomic mass is 9.90. The Balaban J connectivity index is 0.00000264. The molecule has 1 aliphatic rings. The molecule has 1 amide bonds. The van der Waals surface area contributed by atoms with Crippen molar-refractivity contribution < 1.29 is 13.2 Å². The number of carbonyl (C=O) groups is 1. The Morgan fingerprint density at radius 2 is 2.00 bits per heavy atom. The van der Waals surface area contributed by atoms with Gasteiger partial charge < -0.3 is 10.6 Å². The molecule has 2 rings (SSSR count). The number of likely N-dealkylation sites (tertiary alicyclic amines) is 1. The van der Waals surface area contributed by atoms with Gasteiger partial charge in [-0.3, -0.25) is 4.79 Å². The first-order chi connectivity index (χ1) is 10.3. The number of rotatable bonds is 5. The smallest absolute Gasteiger partial charge is 0.255 e. The number of halogens is 1. The Morgan fingerprint density at radius 1 is 1.35 bits per heavy atom. The highest BCUT2D eigenvalue weighted by Gasteiger charge is 2.36. The molecule has 1 heterocycles. The topological polar surface area (TPSA) is 80.5 Å². The zero-order chi connectivity index (χ0) is 16.4. The van der Waals surface area contributed by atoms with Gasteiger partial charge in [-0.2, -0.15) is 0 Å². The van der Waals surface area contributed by atoms with Crippen LogP contribution in [0.1, 0.15) is 37.0 Å². The van der Waals surface area contributed by atoms with Crippen LogP contribution in [0, 0.1) is 5.41 Å². The van der Waals surface area contributed by atoms with Crippen molar-refractivity contribution in [2.24, 2.45) is 11.1 Å². The Bertz CT molecular complexity index is 663. The molecule has 0 aromatic heterocycles. The third-order valence-electron chi connectivity index (χ3n) is 4.26. The molecule has 1 fully saturated rings. The van der Waals surface area contributed by atoms with Crippen LogP contribution in [-0.2, 0) is 9.84 Å². The first-order valence-corrected chi connectivity index (χ1v) is 9.29. The molecule has 0 aliphatic carbocycles. The second-order valence-corrected chi connectivity index (χ2v) is 8.38. The molecule has 23 heavy (non-hydrogen) atoms. The van der Waals surface area contributed by atoms with Gasteiger partial charge in [-0.15, -0.1) is 12.4 Å². The lowest BCUT2D eigenvalue weighted by Crippen LogP contribution is -2.35. The van der Waals surface area contributed by atoms with E-state index in [1.165, 1.54) is 6.07 Å². The van der Waals surface area contributed by atoms with Gasteiger partial charge in [0.25, 0.3) is 5.91 Å². The van der Waals surface area contributed by atoms with Gasteiger partial charge in [0.1, 0.15) is 0 Å². The van der Waals surface area contributed by atoms with Gasteiger partial charge in [-0.05, 0) is 36.9 Å². The van der Waals surface area contributed by atoms with Gasteiger partial charge in [0.15, 0.2) is 9.84 Å². The molecule has 1 unspecified atom stereocenters. The molecule has 1 atom stereocenters. The average molecular weight is 361 g/mol. The van der Waals surface area contributed by atoms with Gasteiger partial charge in [0.2, 0.25) is 0 Å². The summed E-state index contributed by atoms with van der Waals surface area (Å²) in [7, 11) is -3.42. The van der Waals surface area contributed by atoms with Crippen molar-refractivity contribution >= 4 is 28.2 Å². The fourth-order valence-corrected chi connectivity index (χ4v) is 4.36. The second-order valence-electron chi connectivity index (χ2n) is 6.31. The number of sulfone groups is 1. The Labute approximate surface area is 144 Å². The number of amides is 1. The van der Waals surface area contributed by atoms with Crippen LogP contribution >= 0.6 is 12.4 Å². The number of hydrogen-bond acceptors (Lipinski definition) is 4. The summed E-state index contributed by atoms with van der Waals surface area (Å²) in [6.45, 7) is 5.58. The van der Waals surface area contributed by atoms with Crippen LogP contribution in [0.15, 0.2) is 29.2 Å². The molecular weight excluding hydrogens is 336 g/mol. The minimum Gasteiger partial charge on any atom is -0.338 e. The van der Waals surface area contributed by atoms with E-state index in [1.807, 2.05) is 6.92 Å². The molecule has 1 aliphatic heterocycles. The monoisotopic (exact) mass is 360 g/mol. The van der Waals surface area contributed by atoms with Crippen LogP contribution in [0.5, 0.6) is 0 Å². The minimum atomic E-state index is -3.42. The SMILES string of the molecule is CCCS(=O)(=O)c1ccccc1C(=O)N1CCC(C)(CN)C1.Cl. The van der Waals surface area contributed by atoms with E-state index in [9.17, 15) is 13.2 Å². The maximum Gasteiger partial charge on any atom is 0.255 e. The summed E-state index contributed by atoms with van der Waals surface area (Å²) in [5.74, 6) is -0.162. The van der Waals surface area contributed by atoms with Crippen molar-refractivity contribution in [1.29, 1.82) is 0 Å². The lowest BCUT2D eigenvalue weighted by Gasteiger charge is -2.23. The lowest BCUT2D eigenvalue weighted by molar-refractivity contribution is 0.0773. The maximum atomic E-state index is 12.7. The predicted molar refractivity (Wildman–Crippen MR) is 93.7 cm³/mol. The van der Waals surface area contributed by atoms with Crippen LogP contribution in [-0.4, -0.2) is 44.6 Å². The van der Waals surface area contributed by atoms with Gasteiger partial charge in [0, 0.05) is 13.1 Å². The first-order valence-electron chi connectivity index (χ1n) is 7.64. The zero-order valence-electron chi connectivity index (χ0n) is 13.6. The summed E-state index contributed by atoms with van der Waals surface area (Å²) in [6, 6.07) is 6.49. The minimum absolute atomic E-state index is 0. The van der Waals surface area contributed by atoms with Crippen LogP contribution in [0.3, 0.4) is 0 Å². The van der Waals surface area contributed by atoms with Gasteiger partial charge in [0.05, 0.1) is 16.2 Å². The van der Waals surface area contributed by atoms with Crippen LogP contribution in [0.25, 0.3) is 0 Å². The number of carbonyl (C=O) groups excluding carboxylic acids is 1. The van der Waals surface area contributed by atoms with E-state index in [0.29, 0.717) is 26.1 Å². The molecule has 7 heteroatoms. The molecule has 1 saturated heterocycles. The number of hydrogen-bond donors (Lipinski definition) is 1. The quantitative estimate of drug-likeness (QED) is 0.871. The van der Waals surface area contributed by atoms with E-state index >= 15 is 0 Å². The summed E-state index contributed by atoms with van der Waals surface area (Å²) in [4.78, 5) is 14.6. The molecule has 5 nitrogen and oxygen atoms in total. The Kier molecular flexibility index (Phi) is 6.62. The second kappa shape index (κ2) is 7.64. The molecule has 130 valence electrons. The largest absolute Gasteiger partial charge is 0.338 e. The molecule has 0 radical (unpaired) electrons. The highest BCUT2D eigenvalue weighted by Crippen LogP contribution is 2.30. The predicted octanol–water partition coefficient (Wildman–Crippen LogP) is 2.10. The summed E-state index contributed by atoms with van der Waals surface area (Å²) >= 11 is 0. The van der Waals surface area contributed by atoms with E-state index < -0.39 is 9.84 Å². The molecule has 1 aromatic rings. The third-order valence-corrected chi connectivity index (χ3v) is 6.24. The molecular formula is C16H25ClN2O3S. The fraction of sp³-hybridized carbons (Fsp3) is 0.562. The summed E-state index contributed by atoms with van der Waals surface area (Å²) < 4.78 is 24.7. The van der Waals surface area contributed by atoms with Crippen LogP contribution < -0.4 is 5.73 Å². The molecule has 0 spiro atoms. The number of nitrogens with two attached hydrogens (primary N) is 1. The summed E-state index contributed by atoms with van der Waals surface area (Å²) in [6.07, 6.45) is 1.37. The molecule has 1 aromatic carbocycles. The van der Waals surface area contributed by atoms with Crippen molar-refractivity contribution in [3.05, 3.63) is 29.8 Å². The van der Waals surface area contributed by atoms with Crippen LogP contribution in [0.4, 0.5) is 0 Å². The third kappa shape index (κ3) is 4.25. The number of nitrogens with zero attached hydrogens (tertiary/aromatic N) is 1. The van der Waals surface area contributed by atoms with Crippen molar-refractivity contribution in [1.82, 2.24) is 4.90 Å². The highest BCUT2D eigenvalue weighted by atomic mass is 35.5. The average Bonchev–Trinajstić information content (AvgIpc) is 2.90. The summed E-state index contributed by atoms with van der Waals surface area (Å²) in [5, 5.41) is 0. The van der Waals surface area contributed by atoms with Crippen molar-refractivity contribution in [3.63, 3.8) is 0 Å². The maximum absolute atomic E-state index is 12.7. The molecule has 0 saturated carbocycles. The summed E-state index contributed by atoms with van der Waals surface area (Å²) in [5.41, 5.74) is 5.97. The van der Waals surface area contributed by atoms with Gasteiger partial charge in [-0.1, -0.05) is 26.0 Å². The zero-order valence-corrected chi connectivity index (χ0v) is 15.3. The van der Waals surface area contributed by atoms with E-state index in [-0.39, 0.29) is 39.9 Å². The van der Waals surface area contributed by atoms with E-state index in [0.717, 1.165) is 6.42 Å². The Hall–Kier alpha value is -1.11. The van der Waals surface area contributed by atoms with Crippen molar-refractivity contribution in [2.75, 3.05) is 25.4 Å². The van der Waals surface area contributed by atoms with E-state index in [1.54, 1.807) is 23.1 Å². The first kappa shape index (κ1) is 19.9. The molecule has 0 bridgehead atoms. The highest BCUT2D eigenvalue weighted by molar-refractivity contribution is 7.91. The fourth-order valence-electron chi connectivity index (χ4n) is 2.83. The van der Waals surface area contributed by atoms with Crippen molar-refractivity contribution in [3.8, 4) is 0 Å². The van der Waals surface area contributed by atoms with Crippen LogP contribution in [0.2, 0.25) is 0 Å². The van der Waals surface area contributed by atoms with Gasteiger partial charge in [-0.25, -0.2) is 8.42 Å². The van der Waals surface area contributed by atoms with E-state index in [4.69, 9.17) is 5.73 Å². The molecule has 2 N–H and O–H groups in total. The number of benzene rings is 1. The van der Waals surface area contributed by atoms with E-state index in [2.05, 4.69) is 6.92 Å². The van der Waals surface area contributed by atoms with Crippen molar-refractivity contribution in [2.45, 2.75) is 31.6 Å². The standard InChI is InChI=1S/C16H24N2O3S.ClH/c1-3-10-22(20,21)14-7-5-4-6-13(14)15(19)18-9-8-16(2,11-17)12-18;/h4-7H,3,8-12,17H2,1-2H3;1H. The Morgan fingerprint density at radius 3 is 2.57 bits per heavy atom.